The summed E-state index contributed by atoms with van der Waals surface area (Å²) < 4.78 is 0. The maximum Gasteiger partial charge on any atom is 0.177 e. The monoisotopic (exact) mass is 143 g/mol. The average Bonchev–Trinajstić information content (AvgIpc) is 1.89. The summed E-state index contributed by atoms with van der Waals surface area (Å²) in [6, 6.07) is 0. The van der Waals surface area contributed by atoms with E-state index in [1.807, 2.05) is 0 Å². The zero-order valence-corrected chi connectivity index (χ0v) is 6.21. The number of oxime groups is 1. The number of hydrogen-bond acceptors (Lipinski definition) is 3. The van der Waals surface area contributed by atoms with Crippen molar-refractivity contribution in [2.24, 2.45) is 5.16 Å². The molecule has 0 aliphatic carbocycles. The molecular weight excluding hydrogens is 130 g/mol. The van der Waals surface area contributed by atoms with E-state index in [-0.39, 0.29) is 5.78 Å². The van der Waals surface area contributed by atoms with E-state index in [1.165, 1.54) is 0 Å². The Morgan fingerprint density at radius 3 is 2.80 bits per heavy atom. The number of hydrogen-bond donors (Lipinski definition) is 1. The smallest absolute Gasteiger partial charge is 0.177 e. The third-order valence-electron chi connectivity index (χ3n) is 1.23. The van der Waals surface area contributed by atoms with Gasteiger partial charge in [-0.1, -0.05) is 24.9 Å². The Balaban J connectivity index is 3.22. The minimum atomic E-state index is -0.101. The van der Waals surface area contributed by atoms with E-state index in [1.54, 1.807) is 0 Å². The first-order chi connectivity index (χ1) is 4.81. The van der Waals surface area contributed by atoms with Gasteiger partial charge in [0.1, 0.15) is 6.21 Å². The number of nitrogens with zero attached hydrogens (tertiary/aromatic N) is 1. The van der Waals surface area contributed by atoms with Gasteiger partial charge >= 0.3 is 0 Å². The van der Waals surface area contributed by atoms with Crippen molar-refractivity contribution in [3.63, 3.8) is 0 Å². The molecule has 0 heterocycles. The lowest BCUT2D eigenvalue weighted by atomic mass is 10.1. The van der Waals surface area contributed by atoms with E-state index < -0.39 is 0 Å². The maximum atomic E-state index is 10.6. The molecule has 0 aliphatic heterocycles. The predicted octanol–water partition coefficient (Wildman–Crippen LogP) is 1.60. The largest absolute Gasteiger partial charge is 0.411 e. The van der Waals surface area contributed by atoms with Crippen LogP contribution in [0.15, 0.2) is 5.16 Å². The first-order valence-corrected chi connectivity index (χ1v) is 3.51. The van der Waals surface area contributed by atoms with Gasteiger partial charge in [-0.2, -0.15) is 0 Å². The van der Waals surface area contributed by atoms with Gasteiger partial charge in [0.2, 0.25) is 0 Å². The number of rotatable bonds is 5. The van der Waals surface area contributed by atoms with E-state index in [0.29, 0.717) is 6.42 Å². The highest BCUT2D eigenvalue weighted by Crippen LogP contribution is 1.97. The molecule has 0 rings (SSSR count). The second kappa shape index (κ2) is 6.26. The molecule has 0 atom stereocenters. The van der Waals surface area contributed by atoms with Crippen molar-refractivity contribution in [3.05, 3.63) is 0 Å². The van der Waals surface area contributed by atoms with Crippen molar-refractivity contribution < 1.29 is 10.0 Å². The standard InChI is InChI=1S/C7H13NO2/c1-2-3-4-5-7(9)6-8-10/h6,10H,2-5H2,1H3. The third-order valence-corrected chi connectivity index (χ3v) is 1.23. The van der Waals surface area contributed by atoms with Gasteiger partial charge in [-0.25, -0.2) is 0 Å². The lowest BCUT2D eigenvalue weighted by molar-refractivity contribution is -0.112. The fourth-order valence-corrected chi connectivity index (χ4v) is 0.678. The molecule has 3 nitrogen and oxygen atoms in total. The van der Waals surface area contributed by atoms with Crippen molar-refractivity contribution in [1.29, 1.82) is 0 Å². The van der Waals surface area contributed by atoms with E-state index in [9.17, 15) is 4.79 Å². The van der Waals surface area contributed by atoms with E-state index in [2.05, 4.69) is 12.1 Å². The van der Waals surface area contributed by atoms with Crippen molar-refractivity contribution in [3.8, 4) is 0 Å². The van der Waals surface area contributed by atoms with Gasteiger partial charge < -0.3 is 5.21 Å². The van der Waals surface area contributed by atoms with Crippen LogP contribution < -0.4 is 0 Å². The molecule has 0 aliphatic rings. The van der Waals surface area contributed by atoms with Crippen LogP contribution in [-0.2, 0) is 4.79 Å². The summed E-state index contributed by atoms with van der Waals surface area (Å²) in [5.74, 6) is -0.101. The number of carbonyl (C=O) groups excluding carboxylic acids is 1. The van der Waals surface area contributed by atoms with Crippen LogP contribution in [0.5, 0.6) is 0 Å². The summed E-state index contributed by atoms with van der Waals surface area (Å²) in [5.41, 5.74) is 0. The molecule has 58 valence electrons. The number of unbranched alkanes of at least 4 members (excludes halogenated alkanes) is 2. The summed E-state index contributed by atoms with van der Waals surface area (Å²) in [5, 5.41) is 10.6. The zero-order valence-electron chi connectivity index (χ0n) is 6.21. The Hall–Kier alpha value is -0.860. The molecule has 0 aromatic heterocycles. The normalized spacial score (nSPS) is 10.5. The second-order valence-electron chi connectivity index (χ2n) is 2.17. The topological polar surface area (TPSA) is 49.7 Å². The molecule has 0 aromatic carbocycles. The Morgan fingerprint density at radius 2 is 2.30 bits per heavy atom. The van der Waals surface area contributed by atoms with Crippen LogP contribution in [0, 0.1) is 0 Å². The van der Waals surface area contributed by atoms with Gasteiger partial charge in [0.15, 0.2) is 5.78 Å². The molecule has 0 saturated heterocycles. The summed E-state index contributed by atoms with van der Waals surface area (Å²) in [7, 11) is 0. The van der Waals surface area contributed by atoms with Crippen molar-refractivity contribution in [2.45, 2.75) is 32.6 Å². The second-order valence-corrected chi connectivity index (χ2v) is 2.17. The molecule has 3 heteroatoms. The van der Waals surface area contributed by atoms with Crippen LogP contribution in [0.1, 0.15) is 32.6 Å². The summed E-state index contributed by atoms with van der Waals surface area (Å²) >= 11 is 0. The molecule has 0 unspecified atom stereocenters. The molecular formula is C7H13NO2. The van der Waals surface area contributed by atoms with Crippen LogP contribution in [0.3, 0.4) is 0 Å². The van der Waals surface area contributed by atoms with Gasteiger partial charge in [-0.05, 0) is 6.42 Å². The molecule has 0 spiro atoms. The first kappa shape index (κ1) is 9.14. The molecule has 1 N–H and O–H groups in total. The molecule has 0 saturated carbocycles. The SMILES string of the molecule is CCCCCC(=O)C=NO. The van der Waals surface area contributed by atoms with Crippen LogP contribution >= 0.6 is 0 Å². The summed E-state index contributed by atoms with van der Waals surface area (Å²) in [4.78, 5) is 10.6. The quantitative estimate of drug-likeness (QED) is 0.275. The van der Waals surface area contributed by atoms with Crippen molar-refractivity contribution in [2.75, 3.05) is 0 Å². The molecule has 0 fully saturated rings. The van der Waals surface area contributed by atoms with E-state index in [4.69, 9.17) is 5.21 Å². The van der Waals surface area contributed by atoms with Crippen LogP contribution in [0.25, 0.3) is 0 Å². The Bertz CT molecular complexity index is 121. The molecule has 0 radical (unpaired) electrons. The Labute approximate surface area is 60.7 Å². The number of ketones is 1. The van der Waals surface area contributed by atoms with Gasteiger partial charge in [0.05, 0.1) is 0 Å². The Morgan fingerprint density at radius 1 is 1.60 bits per heavy atom. The highest BCUT2D eigenvalue weighted by Gasteiger charge is 1.95. The van der Waals surface area contributed by atoms with Gasteiger partial charge in [0.25, 0.3) is 0 Å². The fraction of sp³-hybridized carbons (Fsp3) is 0.714. The van der Waals surface area contributed by atoms with Crippen LogP contribution in [0.4, 0.5) is 0 Å². The first-order valence-electron chi connectivity index (χ1n) is 3.51. The average molecular weight is 143 g/mol. The zero-order chi connectivity index (χ0) is 7.82. The number of Topliss-reactive ketones (excluding diaryl/α,β-unsaturated/α-hetero) is 1. The summed E-state index contributed by atoms with van der Waals surface area (Å²) in [6.45, 7) is 2.07. The highest BCUT2D eigenvalue weighted by atomic mass is 16.4. The number of carbonyl (C=O) groups is 1. The van der Waals surface area contributed by atoms with Gasteiger partial charge in [-0.3, -0.25) is 4.79 Å². The minimum Gasteiger partial charge on any atom is -0.411 e. The van der Waals surface area contributed by atoms with Crippen molar-refractivity contribution >= 4 is 12.0 Å². The van der Waals surface area contributed by atoms with E-state index >= 15 is 0 Å². The molecule has 0 bridgehead atoms. The fourth-order valence-electron chi connectivity index (χ4n) is 0.678. The van der Waals surface area contributed by atoms with Gasteiger partial charge in [0, 0.05) is 6.42 Å². The van der Waals surface area contributed by atoms with Crippen molar-refractivity contribution in [1.82, 2.24) is 0 Å². The van der Waals surface area contributed by atoms with E-state index in [0.717, 1.165) is 25.5 Å². The molecule has 0 aromatic rings. The lowest BCUT2D eigenvalue weighted by Crippen LogP contribution is -1.97. The lowest BCUT2D eigenvalue weighted by Gasteiger charge is -1.91. The highest BCUT2D eigenvalue weighted by molar-refractivity contribution is 6.27. The maximum absolute atomic E-state index is 10.6. The molecule has 0 amide bonds. The Kier molecular flexibility index (Phi) is 5.72. The third kappa shape index (κ3) is 5.28. The van der Waals surface area contributed by atoms with Crippen LogP contribution in [-0.4, -0.2) is 17.2 Å². The molecule has 10 heavy (non-hydrogen) atoms. The van der Waals surface area contributed by atoms with Gasteiger partial charge in [-0.15, -0.1) is 0 Å². The summed E-state index contributed by atoms with van der Waals surface area (Å²) in [6.07, 6.45) is 4.50. The van der Waals surface area contributed by atoms with Crippen LogP contribution in [0.2, 0.25) is 0 Å². The predicted molar refractivity (Wildman–Crippen MR) is 39.4 cm³/mol. The minimum absolute atomic E-state index is 0.101.